The Bertz CT molecular complexity index is 1030. The Morgan fingerprint density at radius 2 is 0.950 bits per heavy atom. The molecule has 0 spiro atoms. The minimum absolute atomic E-state index is 0.206. The molecule has 0 bridgehead atoms. The maximum atomic E-state index is 12.6. The van der Waals surface area contributed by atoms with Gasteiger partial charge in [0.2, 0.25) is 5.91 Å². The SMILES string of the molecule is CCCCCCCCCCCCCCCCCCCCCCCCC/C=C/CC/C=C/CC/C=C/C(O)C(COC1OC(CO)C(O)C(O)C1O)NC(=O)CCCCCC. The zero-order valence-electron chi connectivity index (χ0n) is 38.7. The number of unbranched alkanes of at least 4 members (excludes halogenated alkanes) is 28. The van der Waals surface area contributed by atoms with Crippen LogP contribution in [0.2, 0.25) is 0 Å². The highest BCUT2D eigenvalue weighted by atomic mass is 16.7. The number of allylic oxidation sites excluding steroid dienone is 5. The van der Waals surface area contributed by atoms with Gasteiger partial charge in [-0.15, -0.1) is 0 Å². The summed E-state index contributed by atoms with van der Waals surface area (Å²) in [5.41, 5.74) is 0. The lowest BCUT2D eigenvalue weighted by atomic mass is 9.99. The summed E-state index contributed by atoms with van der Waals surface area (Å²) in [6.07, 6.45) is 45.9. The molecule has 7 unspecified atom stereocenters. The van der Waals surface area contributed by atoms with Gasteiger partial charge in [-0.05, 0) is 44.9 Å². The lowest BCUT2D eigenvalue weighted by Gasteiger charge is -2.40. The molecule has 352 valence electrons. The Balaban J connectivity index is 2.07. The Morgan fingerprint density at radius 3 is 1.40 bits per heavy atom. The molecule has 0 aromatic heterocycles. The summed E-state index contributed by atoms with van der Waals surface area (Å²) >= 11 is 0. The van der Waals surface area contributed by atoms with Gasteiger partial charge >= 0.3 is 0 Å². The van der Waals surface area contributed by atoms with Crippen molar-refractivity contribution in [2.45, 2.75) is 269 Å². The maximum absolute atomic E-state index is 12.6. The van der Waals surface area contributed by atoms with Crippen LogP contribution in [0, 0.1) is 0 Å². The second-order valence-electron chi connectivity index (χ2n) is 17.6. The van der Waals surface area contributed by atoms with Crippen molar-refractivity contribution in [2.75, 3.05) is 13.2 Å². The third kappa shape index (κ3) is 31.3. The van der Waals surface area contributed by atoms with Gasteiger partial charge < -0.3 is 40.3 Å². The van der Waals surface area contributed by atoms with Gasteiger partial charge in [0, 0.05) is 6.42 Å². The van der Waals surface area contributed by atoms with Crippen LogP contribution in [0.15, 0.2) is 36.5 Å². The minimum Gasteiger partial charge on any atom is -0.394 e. The molecule has 0 aromatic rings. The van der Waals surface area contributed by atoms with Crippen LogP contribution in [0.4, 0.5) is 0 Å². The van der Waals surface area contributed by atoms with Crippen LogP contribution in [0.25, 0.3) is 0 Å². The first-order valence-corrected chi connectivity index (χ1v) is 25.2. The van der Waals surface area contributed by atoms with E-state index in [1.807, 2.05) is 6.08 Å². The van der Waals surface area contributed by atoms with Crippen molar-refractivity contribution in [1.29, 1.82) is 0 Å². The number of hydrogen-bond donors (Lipinski definition) is 6. The molecule has 1 heterocycles. The fraction of sp³-hybridized carbons (Fsp3) is 0.863. The van der Waals surface area contributed by atoms with E-state index < -0.39 is 49.5 Å². The van der Waals surface area contributed by atoms with Crippen molar-refractivity contribution in [1.82, 2.24) is 5.32 Å². The first kappa shape index (κ1) is 56.4. The first-order valence-electron chi connectivity index (χ1n) is 25.2. The predicted octanol–water partition coefficient (Wildman–Crippen LogP) is 11.2. The predicted molar refractivity (Wildman–Crippen MR) is 249 cm³/mol. The van der Waals surface area contributed by atoms with E-state index in [1.54, 1.807) is 6.08 Å². The zero-order chi connectivity index (χ0) is 43.7. The quantitative estimate of drug-likeness (QED) is 0.0263. The molecule has 6 N–H and O–H groups in total. The average molecular weight is 850 g/mol. The number of hydrogen-bond acceptors (Lipinski definition) is 8. The minimum atomic E-state index is -1.57. The molecular weight excluding hydrogens is 755 g/mol. The summed E-state index contributed by atoms with van der Waals surface area (Å²) in [4.78, 5) is 12.6. The van der Waals surface area contributed by atoms with Crippen molar-refractivity contribution in [2.24, 2.45) is 0 Å². The van der Waals surface area contributed by atoms with E-state index >= 15 is 0 Å². The third-order valence-corrected chi connectivity index (χ3v) is 11.9. The average Bonchev–Trinajstić information content (AvgIpc) is 3.25. The van der Waals surface area contributed by atoms with E-state index in [0.29, 0.717) is 6.42 Å². The molecule has 1 saturated heterocycles. The van der Waals surface area contributed by atoms with Crippen molar-refractivity contribution in [3.05, 3.63) is 36.5 Å². The number of carbonyl (C=O) groups excluding carboxylic acids is 1. The highest BCUT2D eigenvalue weighted by Crippen LogP contribution is 2.23. The molecule has 9 heteroatoms. The van der Waals surface area contributed by atoms with Crippen LogP contribution in [-0.2, 0) is 14.3 Å². The van der Waals surface area contributed by atoms with Gasteiger partial charge in [-0.1, -0.05) is 211 Å². The largest absolute Gasteiger partial charge is 0.394 e. The molecular formula is C51H95NO8. The molecule has 9 nitrogen and oxygen atoms in total. The fourth-order valence-electron chi connectivity index (χ4n) is 7.89. The molecule has 0 radical (unpaired) electrons. The number of amides is 1. The van der Waals surface area contributed by atoms with Crippen LogP contribution in [0.5, 0.6) is 0 Å². The van der Waals surface area contributed by atoms with Crippen molar-refractivity contribution >= 4 is 5.91 Å². The monoisotopic (exact) mass is 850 g/mol. The summed E-state index contributed by atoms with van der Waals surface area (Å²) in [5.74, 6) is -0.209. The Morgan fingerprint density at radius 1 is 0.550 bits per heavy atom. The van der Waals surface area contributed by atoms with Gasteiger partial charge in [-0.2, -0.15) is 0 Å². The van der Waals surface area contributed by atoms with Crippen LogP contribution < -0.4 is 5.32 Å². The molecule has 1 fully saturated rings. The van der Waals surface area contributed by atoms with Crippen molar-refractivity contribution in [3.63, 3.8) is 0 Å². The molecule has 0 saturated carbocycles. The van der Waals surface area contributed by atoms with Crippen LogP contribution in [0.1, 0.15) is 226 Å². The van der Waals surface area contributed by atoms with E-state index in [0.717, 1.165) is 51.4 Å². The Hall–Kier alpha value is -1.59. The number of aliphatic hydroxyl groups excluding tert-OH is 5. The van der Waals surface area contributed by atoms with Crippen molar-refractivity contribution in [3.8, 4) is 0 Å². The molecule has 0 aromatic carbocycles. The number of carbonyl (C=O) groups is 1. The summed E-state index contributed by atoms with van der Waals surface area (Å²) in [7, 11) is 0. The van der Waals surface area contributed by atoms with E-state index in [1.165, 1.54) is 154 Å². The molecule has 1 aliphatic rings. The number of ether oxygens (including phenoxy) is 2. The van der Waals surface area contributed by atoms with E-state index in [-0.39, 0.29) is 12.5 Å². The summed E-state index contributed by atoms with van der Waals surface area (Å²) in [6, 6.07) is -0.821. The summed E-state index contributed by atoms with van der Waals surface area (Å²) < 4.78 is 11.1. The maximum Gasteiger partial charge on any atom is 0.220 e. The van der Waals surface area contributed by atoms with Gasteiger partial charge in [-0.25, -0.2) is 0 Å². The van der Waals surface area contributed by atoms with Crippen LogP contribution in [0.3, 0.4) is 0 Å². The van der Waals surface area contributed by atoms with Gasteiger partial charge in [0.25, 0.3) is 0 Å². The molecule has 0 aliphatic carbocycles. The highest BCUT2D eigenvalue weighted by molar-refractivity contribution is 5.76. The van der Waals surface area contributed by atoms with Gasteiger partial charge in [0.05, 0.1) is 25.4 Å². The topological polar surface area (TPSA) is 149 Å². The molecule has 1 amide bonds. The highest BCUT2D eigenvalue weighted by Gasteiger charge is 2.44. The van der Waals surface area contributed by atoms with E-state index in [2.05, 4.69) is 43.5 Å². The van der Waals surface area contributed by atoms with Gasteiger partial charge in [0.15, 0.2) is 6.29 Å². The fourth-order valence-corrected chi connectivity index (χ4v) is 7.89. The molecule has 7 atom stereocenters. The second-order valence-corrected chi connectivity index (χ2v) is 17.6. The van der Waals surface area contributed by atoms with Crippen molar-refractivity contribution < 1.29 is 39.8 Å². The van der Waals surface area contributed by atoms with Gasteiger partial charge in [0.1, 0.15) is 24.4 Å². The second kappa shape index (κ2) is 41.4. The zero-order valence-corrected chi connectivity index (χ0v) is 38.7. The molecule has 1 rings (SSSR count). The smallest absolute Gasteiger partial charge is 0.220 e. The normalized spacial score (nSPS) is 20.8. The number of rotatable bonds is 42. The first-order chi connectivity index (χ1) is 29.3. The summed E-state index contributed by atoms with van der Waals surface area (Å²) in [5, 5.41) is 53.7. The molecule has 1 aliphatic heterocycles. The van der Waals surface area contributed by atoms with Gasteiger partial charge in [-0.3, -0.25) is 4.79 Å². The van der Waals surface area contributed by atoms with Crippen LogP contribution >= 0.6 is 0 Å². The lowest BCUT2D eigenvalue weighted by Crippen LogP contribution is -2.60. The van der Waals surface area contributed by atoms with E-state index in [9.17, 15) is 30.3 Å². The number of aliphatic hydroxyl groups is 5. The summed E-state index contributed by atoms with van der Waals surface area (Å²) in [6.45, 7) is 3.62. The Labute approximate surface area is 368 Å². The van der Waals surface area contributed by atoms with E-state index in [4.69, 9.17) is 9.47 Å². The third-order valence-electron chi connectivity index (χ3n) is 11.9. The standard InChI is InChI=1S/C51H95NO8/c1-3-5-7-9-10-11-12-13-14-15-16-17-18-19-20-21-22-23-24-25-26-27-28-29-30-31-32-33-34-35-36-37-38-40-45(54)44(52-47(55)41-39-8-6-4-2)43-59-51-50(58)49(57)48(56)46(42-53)60-51/h30-31,34-35,38,40,44-46,48-51,53-54,56-58H,3-29,32-33,36-37,39,41-43H2,1-2H3,(H,52,55)/b31-30+,35-34+,40-38+. The molecule has 60 heavy (non-hydrogen) atoms. The lowest BCUT2D eigenvalue weighted by molar-refractivity contribution is -0.302. The Kier molecular flexibility index (Phi) is 39.0. The number of nitrogens with one attached hydrogen (secondary N) is 1. The van der Waals surface area contributed by atoms with Crippen LogP contribution in [-0.4, -0.2) is 87.5 Å².